The predicted octanol–water partition coefficient (Wildman–Crippen LogP) is -0.949. The van der Waals surface area contributed by atoms with Crippen molar-refractivity contribution >= 4 is 15.8 Å². The molecular weight excluding hydrogens is 256 g/mol. The van der Waals surface area contributed by atoms with Gasteiger partial charge in [-0.1, -0.05) is 0 Å². The summed E-state index contributed by atoms with van der Waals surface area (Å²) in [5.74, 6) is 0.676. The number of hydrogen-bond donors (Lipinski definition) is 1. The molecule has 0 saturated carbocycles. The molecule has 0 bridgehead atoms. The van der Waals surface area contributed by atoms with Crippen LogP contribution >= 0.6 is 0 Å². The van der Waals surface area contributed by atoms with Gasteiger partial charge in [0.05, 0.1) is 31.0 Å². The van der Waals surface area contributed by atoms with E-state index >= 15 is 0 Å². The summed E-state index contributed by atoms with van der Waals surface area (Å²) in [7, 11) is -3.11. The van der Waals surface area contributed by atoms with Gasteiger partial charge in [-0.15, -0.1) is 0 Å². The number of aliphatic hydroxyl groups excluding tert-OH is 1. The van der Waals surface area contributed by atoms with Crippen molar-refractivity contribution in [2.45, 2.75) is 6.61 Å². The Balaban J connectivity index is 2.05. The van der Waals surface area contributed by atoms with E-state index in [-0.39, 0.29) is 6.61 Å². The fourth-order valence-electron chi connectivity index (χ4n) is 1.87. The average Bonchev–Trinajstić information content (AvgIpc) is 2.38. The van der Waals surface area contributed by atoms with Crippen molar-refractivity contribution in [2.24, 2.45) is 0 Å². The normalized spacial score (nSPS) is 18.0. The highest BCUT2D eigenvalue weighted by Crippen LogP contribution is 2.14. The first-order valence-electron chi connectivity index (χ1n) is 5.62. The summed E-state index contributed by atoms with van der Waals surface area (Å²) in [5.41, 5.74) is 0.512. The number of aliphatic hydroxyl groups is 1. The molecule has 2 rings (SSSR count). The van der Waals surface area contributed by atoms with Crippen molar-refractivity contribution in [3.63, 3.8) is 0 Å². The molecule has 0 amide bonds. The van der Waals surface area contributed by atoms with Crippen LogP contribution in [0.1, 0.15) is 5.69 Å². The molecular formula is C10H16N4O3S. The molecule has 1 fully saturated rings. The molecule has 0 aliphatic carbocycles. The number of rotatable bonds is 3. The first-order valence-corrected chi connectivity index (χ1v) is 7.47. The fourth-order valence-corrected chi connectivity index (χ4v) is 2.70. The van der Waals surface area contributed by atoms with E-state index in [0.717, 1.165) is 0 Å². The summed E-state index contributed by atoms with van der Waals surface area (Å²) in [6.07, 6.45) is 4.35. The van der Waals surface area contributed by atoms with Gasteiger partial charge in [-0.2, -0.15) is 4.31 Å². The zero-order chi connectivity index (χ0) is 13.2. The van der Waals surface area contributed by atoms with Crippen LogP contribution in [0.3, 0.4) is 0 Å². The van der Waals surface area contributed by atoms with Gasteiger partial charge in [-0.05, 0) is 0 Å². The van der Waals surface area contributed by atoms with Crippen LogP contribution in [0.25, 0.3) is 0 Å². The molecule has 8 heteroatoms. The lowest BCUT2D eigenvalue weighted by molar-refractivity contribution is 0.276. The maximum Gasteiger partial charge on any atom is 0.211 e. The summed E-state index contributed by atoms with van der Waals surface area (Å²) in [4.78, 5) is 10.2. The highest BCUT2D eigenvalue weighted by Gasteiger charge is 2.24. The molecule has 1 N–H and O–H groups in total. The molecule has 100 valence electrons. The lowest BCUT2D eigenvalue weighted by Gasteiger charge is -2.33. The number of nitrogens with zero attached hydrogens (tertiary/aromatic N) is 4. The van der Waals surface area contributed by atoms with Crippen LogP contribution in [0.4, 0.5) is 5.82 Å². The van der Waals surface area contributed by atoms with Gasteiger partial charge in [0.15, 0.2) is 0 Å². The standard InChI is InChI=1S/C10H16N4O3S/c1-18(16,17)14-4-2-13(3-5-14)10-7-11-6-9(8-15)12-10/h6-7,15H,2-5,8H2,1H3. The molecule has 0 aromatic carbocycles. The summed E-state index contributed by atoms with van der Waals surface area (Å²) >= 11 is 0. The molecule has 1 saturated heterocycles. The number of aromatic nitrogens is 2. The number of sulfonamides is 1. The minimum Gasteiger partial charge on any atom is -0.390 e. The predicted molar refractivity (Wildman–Crippen MR) is 66.6 cm³/mol. The molecule has 7 nitrogen and oxygen atoms in total. The second kappa shape index (κ2) is 5.17. The maximum absolute atomic E-state index is 11.4. The molecule has 2 heterocycles. The van der Waals surface area contributed by atoms with Crippen molar-refractivity contribution in [3.8, 4) is 0 Å². The van der Waals surface area contributed by atoms with Gasteiger partial charge in [-0.3, -0.25) is 4.98 Å². The van der Waals surface area contributed by atoms with Crippen LogP contribution in [0.2, 0.25) is 0 Å². The summed E-state index contributed by atoms with van der Waals surface area (Å²) < 4.78 is 24.2. The van der Waals surface area contributed by atoms with Gasteiger partial charge in [0.25, 0.3) is 0 Å². The second-order valence-electron chi connectivity index (χ2n) is 4.18. The van der Waals surface area contributed by atoms with E-state index < -0.39 is 10.0 Å². The third-order valence-electron chi connectivity index (χ3n) is 2.87. The molecule has 0 spiro atoms. The van der Waals surface area contributed by atoms with Crippen LogP contribution in [0.15, 0.2) is 12.4 Å². The molecule has 0 radical (unpaired) electrons. The van der Waals surface area contributed by atoms with Crippen molar-refractivity contribution < 1.29 is 13.5 Å². The Kier molecular flexibility index (Phi) is 3.79. The van der Waals surface area contributed by atoms with Crippen molar-refractivity contribution in [3.05, 3.63) is 18.1 Å². The van der Waals surface area contributed by atoms with E-state index in [9.17, 15) is 8.42 Å². The Morgan fingerprint density at radius 3 is 2.50 bits per heavy atom. The quantitative estimate of drug-likeness (QED) is 0.763. The molecule has 0 unspecified atom stereocenters. The third-order valence-corrected chi connectivity index (χ3v) is 4.17. The van der Waals surface area contributed by atoms with Crippen molar-refractivity contribution in [1.82, 2.24) is 14.3 Å². The highest BCUT2D eigenvalue weighted by atomic mass is 32.2. The average molecular weight is 272 g/mol. The van der Waals surface area contributed by atoms with Gasteiger partial charge >= 0.3 is 0 Å². The first-order chi connectivity index (χ1) is 8.50. The van der Waals surface area contributed by atoms with Crippen LogP contribution < -0.4 is 4.90 Å². The number of hydrogen-bond acceptors (Lipinski definition) is 6. The largest absolute Gasteiger partial charge is 0.390 e. The first kappa shape index (κ1) is 13.2. The van der Waals surface area contributed by atoms with Crippen LogP contribution in [0.5, 0.6) is 0 Å². The molecule has 1 aromatic heterocycles. The maximum atomic E-state index is 11.4. The molecule has 1 aromatic rings. The van der Waals surface area contributed by atoms with Gasteiger partial charge in [0.2, 0.25) is 10.0 Å². The Labute approximate surface area is 106 Å². The number of piperazine rings is 1. The van der Waals surface area contributed by atoms with Gasteiger partial charge in [-0.25, -0.2) is 13.4 Å². The minimum absolute atomic E-state index is 0.149. The van der Waals surface area contributed by atoms with Gasteiger partial charge in [0, 0.05) is 26.2 Å². The Morgan fingerprint density at radius 2 is 1.94 bits per heavy atom. The third kappa shape index (κ3) is 2.95. The van der Waals surface area contributed by atoms with E-state index in [1.54, 1.807) is 6.20 Å². The molecule has 18 heavy (non-hydrogen) atoms. The van der Waals surface area contributed by atoms with E-state index in [1.165, 1.54) is 16.8 Å². The summed E-state index contributed by atoms with van der Waals surface area (Å²) in [6, 6.07) is 0. The van der Waals surface area contributed by atoms with Crippen molar-refractivity contribution in [2.75, 3.05) is 37.3 Å². The van der Waals surface area contributed by atoms with E-state index in [1.807, 2.05) is 4.90 Å². The van der Waals surface area contributed by atoms with Crippen LogP contribution in [-0.2, 0) is 16.6 Å². The van der Waals surface area contributed by atoms with Crippen LogP contribution in [0, 0.1) is 0 Å². The van der Waals surface area contributed by atoms with E-state index in [0.29, 0.717) is 37.7 Å². The lowest BCUT2D eigenvalue weighted by Crippen LogP contribution is -2.48. The Hall–Kier alpha value is -1.25. The van der Waals surface area contributed by atoms with E-state index in [2.05, 4.69) is 9.97 Å². The zero-order valence-electron chi connectivity index (χ0n) is 10.2. The van der Waals surface area contributed by atoms with Crippen molar-refractivity contribution in [1.29, 1.82) is 0 Å². The monoisotopic (exact) mass is 272 g/mol. The minimum atomic E-state index is -3.11. The van der Waals surface area contributed by atoms with Crippen LogP contribution in [-0.4, -0.2) is 60.2 Å². The van der Waals surface area contributed by atoms with E-state index in [4.69, 9.17) is 5.11 Å². The fraction of sp³-hybridized carbons (Fsp3) is 0.600. The molecule has 1 aliphatic rings. The Bertz CT molecular complexity index is 512. The number of anilines is 1. The topological polar surface area (TPSA) is 86.6 Å². The zero-order valence-corrected chi connectivity index (χ0v) is 11.0. The Morgan fingerprint density at radius 1 is 1.28 bits per heavy atom. The molecule has 0 atom stereocenters. The van der Waals surface area contributed by atoms with Gasteiger partial charge in [0.1, 0.15) is 5.82 Å². The smallest absolute Gasteiger partial charge is 0.211 e. The second-order valence-corrected chi connectivity index (χ2v) is 6.16. The van der Waals surface area contributed by atoms with Gasteiger partial charge < -0.3 is 10.0 Å². The summed E-state index contributed by atoms with van der Waals surface area (Å²) in [6.45, 7) is 1.91. The summed E-state index contributed by atoms with van der Waals surface area (Å²) in [5, 5.41) is 9.00. The SMILES string of the molecule is CS(=O)(=O)N1CCN(c2cncc(CO)n2)CC1. The lowest BCUT2D eigenvalue weighted by atomic mass is 10.3. The highest BCUT2D eigenvalue weighted by molar-refractivity contribution is 7.88. The molecule has 1 aliphatic heterocycles.